The smallest absolute Gasteiger partial charge is 0.321 e. The largest absolute Gasteiger partial charge is 0.331 e. The molecule has 0 fully saturated rings. The summed E-state index contributed by atoms with van der Waals surface area (Å²) in [6.07, 6.45) is 5.48. The first-order valence-electron chi connectivity index (χ1n) is 3.99. The van der Waals surface area contributed by atoms with Crippen molar-refractivity contribution < 1.29 is 9.59 Å². The summed E-state index contributed by atoms with van der Waals surface area (Å²) in [6.45, 7) is 0. The van der Waals surface area contributed by atoms with Crippen LogP contribution in [0.3, 0.4) is 0 Å². The van der Waals surface area contributed by atoms with E-state index in [9.17, 15) is 9.59 Å². The fraction of sp³-hybridized carbons (Fsp3) is 0.333. The number of urea groups is 1. The Balaban J connectivity index is 2.63. The number of amides is 2. The molecule has 0 heterocycles. The molecule has 0 saturated heterocycles. The normalized spacial score (nSPS) is 15.2. The molecule has 0 saturated carbocycles. The van der Waals surface area contributed by atoms with E-state index in [1.54, 1.807) is 32.3 Å². The summed E-state index contributed by atoms with van der Waals surface area (Å²) in [5, 5.41) is 2.52. The van der Waals surface area contributed by atoms with Gasteiger partial charge in [-0.2, -0.15) is 0 Å². The van der Waals surface area contributed by atoms with Gasteiger partial charge in [-0.1, -0.05) is 12.2 Å². The first-order chi connectivity index (χ1) is 6.11. The van der Waals surface area contributed by atoms with Gasteiger partial charge >= 0.3 is 6.03 Å². The van der Waals surface area contributed by atoms with Crippen molar-refractivity contribution in [3.63, 3.8) is 0 Å². The number of nitrogens with one attached hydrogen (secondary N) is 1. The average molecular weight is 180 g/mol. The van der Waals surface area contributed by atoms with Crippen molar-refractivity contribution in [1.29, 1.82) is 0 Å². The van der Waals surface area contributed by atoms with Gasteiger partial charge in [0, 0.05) is 20.5 Å². The summed E-state index contributed by atoms with van der Waals surface area (Å²) in [6, 6.07) is -0.282. The summed E-state index contributed by atoms with van der Waals surface area (Å²) in [4.78, 5) is 23.7. The minimum Gasteiger partial charge on any atom is -0.331 e. The van der Waals surface area contributed by atoms with Gasteiger partial charge in [0.1, 0.15) is 0 Å². The van der Waals surface area contributed by atoms with E-state index in [2.05, 4.69) is 5.32 Å². The molecule has 1 rings (SSSR count). The van der Waals surface area contributed by atoms with Crippen LogP contribution in [0.4, 0.5) is 4.79 Å². The molecule has 1 aliphatic rings. The molecule has 0 unspecified atom stereocenters. The lowest BCUT2D eigenvalue weighted by molar-refractivity contribution is -0.115. The predicted octanol–water partition coefficient (Wildman–Crippen LogP) is 0.671. The highest BCUT2D eigenvalue weighted by Gasteiger charge is 2.13. The molecule has 1 N–H and O–H groups in total. The number of hydrogen-bond donors (Lipinski definition) is 1. The SMILES string of the molecule is CN(C)C(=O)NC1=CC=CCC1=O. The Labute approximate surface area is 76.9 Å². The van der Waals surface area contributed by atoms with Crippen LogP contribution in [0.5, 0.6) is 0 Å². The van der Waals surface area contributed by atoms with Gasteiger partial charge in [0.15, 0.2) is 5.78 Å². The van der Waals surface area contributed by atoms with Crippen LogP contribution in [0.1, 0.15) is 6.42 Å². The minimum absolute atomic E-state index is 0.0577. The van der Waals surface area contributed by atoms with Gasteiger partial charge in [0.2, 0.25) is 0 Å². The third kappa shape index (κ3) is 2.43. The van der Waals surface area contributed by atoms with Crippen molar-refractivity contribution in [1.82, 2.24) is 10.2 Å². The predicted molar refractivity (Wildman–Crippen MR) is 49.1 cm³/mol. The second-order valence-corrected chi connectivity index (χ2v) is 2.96. The van der Waals surface area contributed by atoms with Crippen LogP contribution in [0.15, 0.2) is 23.9 Å². The second-order valence-electron chi connectivity index (χ2n) is 2.96. The number of Topliss-reactive ketones (excluding diaryl/α,β-unsaturated/α-hetero) is 1. The van der Waals surface area contributed by atoms with Crippen molar-refractivity contribution in [2.75, 3.05) is 14.1 Å². The van der Waals surface area contributed by atoms with E-state index in [1.807, 2.05) is 0 Å². The Morgan fingerprint density at radius 1 is 1.54 bits per heavy atom. The molecule has 0 aromatic carbocycles. The molecule has 0 aromatic heterocycles. The molecule has 0 spiro atoms. The number of carbonyl (C=O) groups is 2. The van der Waals surface area contributed by atoms with E-state index in [1.165, 1.54) is 4.90 Å². The Morgan fingerprint density at radius 2 is 2.23 bits per heavy atom. The van der Waals surface area contributed by atoms with E-state index < -0.39 is 0 Å². The van der Waals surface area contributed by atoms with Gasteiger partial charge in [0.05, 0.1) is 5.70 Å². The standard InChI is InChI=1S/C9H12N2O2/c1-11(2)9(13)10-7-5-3-4-6-8(7)12/h3-5H,6H2,1-2H3,(H,10,13). The first kappa shape index (κ1) is 9.51. The van der Waals surface area contributed by atoms with Crippen LogP contribution in [0, 0.1) is 0 Å². The lowest BCUT2D eigenvalue weighted by Gasteiger charge is -2.14. The summed E-state index contributed by atoms with van der Waals surface area (Å²) >= 11 is 0. The number of carbonyl (C=O) groups excluding carboxylic acids is 2. The van der Waals surface area contributed by atoms with Crippen molar-refractivity contribution in [2.24, 2.45) is 0 Å². The third-order valence-electron chi connectivity index (χ3n) is 1.65. The van der Waals surface area contributed by atoms with Gasteiger partial charge in [-0.25, -0.2) is 4.79 Å². The zero-order chi connectivity index (χ0) is 9.84. The Bertz CT molecular complexity index is 290. The molecule has 0 atom stereocenters. The topological polar surface area (TPSA) is 49.4 Å². The quantitative estimate of drug-likeness (QED) is 0.644. The molecule has 0 aromatic rings. The van der Waals surface area contributed by atoms with Crippen molar-refractivity contribution in [3.8, 4) is 0 Å². The lowest BCUT2D eigenvalue weighted by Crippen LogP contribution is -2.36. The van der Waals surface area contributed by atoms with E-state index in [0.717, 1.165) is 0 Å². The molecule has 4 heteroatoms. The molecule has 1 aliphatic carbocycles. The molecule has 4 nitrogen and oxygen atoms in total. The number of hydrogen-bond acceptors (Lipinski definition) is 2. The number of nitrogens with zero attached hydrogens (tertiary/aromatic N) is 1. The fourth-order valence-electron chi connectivity index (χ4n) is 0.881. The molecule has 0 aliphatic heterocycles. The highest BCUT2D eigenvalue weighted by molar-refractivity contribution is 6.00. The van der Waals surface area contributed by atoms with Crippen molar-refractivity contribution in [2.45, 2.75) is 6.42 Å². The lowest BCUT2D eigenvalue weighted by atomic mass is 10.1. The second kappa shape index (κ2) is 3.89. The van der Waals surface area contributed by atoms with E-state index in [4.69, 9.17) is 0 Å². The highest BCUT2D eigenvalue weighted by atomic mass is 16.2. The molecule has 2 amide bonds. The maximum Gasteiger partial charge on any atom is 0.321 e. The zero-order valence-corrected chi connectivity index (χ0v) is 7.70. The average Bonchev–Trinajstić information content (AvgIpc) is 2.08. The number of ketones is 1. The number of rotatable bonds is 1. The van der Waals surface area contributed by atoms with Crippen molar-refractivity contribution in [3.05, 3.63) is 23.9 Å². The van der Waals surface area contributed by atoms with Gasteiger partial charge in [-0.3, -0.25) is 4.79 Å². The highest BCUT2D eigenvalue weighted by Crippen LogP contribution is 2.04. The van der Waals surface area contributed by atoms with Crippen LogP contribution in [-0.4, -0.2) is 30.8 Å². The summed E-state index contributed by atoms with van der Waals surface area (Å²) in [5.74, 6) is -0.0577. The molecule has 0 bridgehead atoms. The summed E-state index contributed by atoms with van der Waals surface area (Å²) in [7, 11) is 3.25. The van der Waals surface area contributed by atoms with Crippen LogP contribution in [0.2, 0.25) is 0 Å². The maximum absolute atomic E-state index is 11.2. The fourth-order valence-corrected chi connectivity index (χ4v) is 0.881. The van der Waals surface area contributed by atoms with Crippen LogP contribution in [-0.2, 0) is 4.79 Å². The zero-order valence-electron chi connectivity index (χ0n) is 7.70. The van der Waals surface area contributed by atoms with E-state index >= 15 is 0 Å². The molecular weight excluding hydrogens is 168 g/mol. The van der Waals surface area contributed by atoms with Gasteiger partial charge in [-0.05, 0) is 6.08 Å². The Hall–Kier alpha value is -1.58. The molecular formula is C9H12N2O2. The van der Waals surface area contributed by atoms with Crippen LogP contribution < -0.4 is 5.32 Å². The van der Waals surface area contributed by atoms with E-state index in [0.29, 0.717) is 12.1 Å². The maximum atomic E-state index is 11.2. The molecule has 0 radical (unpaired) electrons. The van der Waals surface area contributed by atoms with E-state index in [-0.39, 0.29) is 11.8 Å². The summed E-state index contributed by atoms with van der Waals surface area (Å²) < 4.78 is 0. The number of allylic oxidation sites excluding steroid dienone is 4. The Morgan fingerprint density at radius 3 is 2.77 bits per heavy atom. The van der Waals surface area contributed by atoms with Crippen molar-refractivity contribution >= 4 is 11.8 Å². The minimum atomic E-state index is -0.282. The first-order valence-corrected chi connectivity index (χ1v) is 3.99. The monoisotopic (exact) mass is 180 g/mol. The van der Waals surface area contributed by atoms with Gasteiger partial charge in [-0.15, -0.1) is 0 Å². The van der Waals surface area contributed by atoms with Crippen LogP contribution in [0.25, 0.3) is 0 Å². The molecule has 13 heavy (non-hydrogen) atoms. The summed E-state index contributed by atoms with van der Waals surface area (Å²) in [5.41, 5.74) is 0.362. The molecule has 70 valence electrons. The van der Waals surface area contributed by atoms with Gasteiger partial charge < -0.3 is 10.2 Å². The van der Waals surface area contributed by atoms with Gasteiger partial charge in [0.25, 0.3) is 0 Å². The third-order valence-corrected chi connectivity index (χ3v) is 1.65. The Kier molecular flexibility index (Phi) is 2.84. The van der Waals surface area contributed by atoms with Crippen LogP contribution >= 0.6 is 0 Å².